The molecule has 2 fully saturated rings. The van der Waals surface area contributed by atoms with E-state index in [9.17, 15) is 4.79 Å². The molecule has 5 nitrogen and oxygen atoms in total. The molecule has 1 aromatic rings. The van der Waals surface area contributed by atoms with Crippen molar-refractivity contribution < 1.29 is 4.79 Å². The number of aromatic nitrogens is 1. The lowest BCUT2D eigenvalue weighted by Gasteiger charge is -2.27. The predicted octanol–water partition coefficient (Wildman–Crippen LogP) is 1.62. The van der Waals surface area contributed by atoms with Crippen molar-refractivity contribution in [1.29, 1.82) is 0 Å². The summed E-state index contributed by atoms with van der Waals surface area (Å²) in [5.74, 6) is 2.68. The number of nitrogens with zero attached hydrogens (tertiary/aromatic N) is 4. The lowest BCUT2D eigenvalue weighted by Crippen LogP contribution is -2.44. The third kappa shape index (κ3) is 3.94. The Hall–Kier alpha value is -0.790. The fraction of sp³-hybridized carbons (Fsp3) is 0.733. The van der Waals surface area contributed by atoms with Crippen LogP contribution in [0, 0.1) is 0 Å². The zero-order valence-corrected chi connectivity index (χ0v) is 14.7. The van der Waals surface area contributed by atoms with Gasteiger partial charge in [0.15, 0.2) is 5.13 Å². The third-order valence-electron chi connectivity index (χ3n) is 4.45. The number of hydrogen-bond donors (Lipinski definition) is 0. The van der Waals surface area contributed by atoms with E-state index in [2.05, 4.69) is 21.8 Å². The number of carbonyl (C=O) groups is 1. The molecule has 0 aromatic carbocycles. The lowest BCUT2D eigenvalue weighted by molar-refractivity contribution is -0.132. The maximum atomic E-state index is 12.6. The summed E-state index contributed by atoms with van der Waals surface area (Å²) in [6, 6.07) is 0.577. The number of rotatable bonds is 4. The lowest BCUT2D eigenvalue weighted by atomic mass is 10.2. The van der Waals surface area contributed by atoms with Crippen LogP contribution in [-0.2, 0) is 4.79 Å². The van der Waals surface area contributed by atoms with Crippen molar-refractivity contribution in [2.75, 3.05) is 56.2 Å². The SMILES string of the molecule is CN(CC(=O)N1CCCN(c2nccs2)CC1)[C@@H]1CCSC1. The Kier molecular flexibility index (Phi) is 5.60. The van der Waals surface area contributed by atoms with Crippen molar-refractivity contribution >= 4 is 34.1 Å². The molecule has 2 aliphatic heterocycles. The highest BCUT2D eigenvalue weighted by atomic mass is 32.2. The number of thioether (sulfide) groups is 1. The van der Waals surface area contributed by atoms with Gasteiger partial charge in [0, 0.05) is 49.6 Å². The van der Waals surface area contributed by atoms with Crippen molar-refractivity contribution in [3.8, 4) is 0 Å². The molecule has 22 heavy (non-hydrogen) atoms. The zero-order valence-electron chi connectivity index (χ0n) is 13.1. The van der Waals surface area contributed by atoms with Gasteiger partial charge in [0.05, 0.1) is 6.54 Å². The van der Waals surface area contributed by atoms with Gasteiger partial charge in [-0.1, -0.05) is 0 Å². The first kappa shape index (κ1) is 16.1. The van der Waals surface area contributed by atoms with Crippen LogP contribution < -0.4 is 4.90 Å². The van der Waals surface area contributed by atoms with Crippen molar-refractivity contribution in [3.05, 3.63) is 11.6 Å². The van der Waals surface area contributed by atoms with E-state index in [-0.39, 0.29) is 5.91 Å². The van der Waals surface area contributed by atoms with Crippen LogP contribution >= 0.6 is 23.1 Å². The highest BCUT2D eigenvalue weighted by Gasteiger charge is 2.25. The molecule has 1 aromatic heterocycles. The van der Waals surface area contributed by atoms with Crippen molar-refractivity contribution in [3.63, 3.8) is 0 Å². The minimum absolute atomic E-state index is 0.278. The summed E-state index contributed by atoms with van der Waals surface area (Å²) in [4.78, 5) is 23.5. The number of carbonyl (C=O) groups excluding carboxylic acids is 1. The first-order chi connectivity index (χ1) is 10.7. The summed E-state index contributed by atoms with van der Waals surface area (Å²) in [5.41, 5.74) is 0. The molecule has 1 atom stereocenters. The van der Waals surface area contributed by atoms with Gasteiger partial charge < -0.3 is 9.80 Å². The van der Waals surface area contributed by atoms with Crippen LogP contribution in [0.1, 0.15) is 12.8 Å². The Morgan fingerprint density at radius 1 is 1.41 bits per heavy atom. The average molecular weight is 341 g/mol. The molecule has 0 N–H and O–H groups in total. The van der Waals surface area contributed by atoms with E-state index in [1.165, 1.54) is 17.9 Å². The number of amides is 1. The second-order valence-corrected chi connectivity index (χ2v) is 7.99. The topological polar surface area (TPSA) is 39.7 Å². The standard InChI is InChI=1S/C15H24N4OS2/c1-17(13-3-9-21-12-13)11-14(20)18-5-2-6-19(8-7-18)15-16-4-10-22-15/h4,10,13H,2-3,5-9,11-12H2,1H3/t13-/m1/s1. The molecular weight excluding hydrogens is 316 g/mol. The van der Waals surface area contributed by atoms with Crippen LogP contribution in [0.15, 0.2) is 11.6 Å². The second kappa shape index (κ2) is 7.66. The third-order valence-corrected chi connectivity index (χ3v) is 6.43. The van der Waals surface area contributed by atoms with Gasteiger partial charge in [-0.25, -0.2) is 4.98 Å². The molecule has 3 rings (SSSR count). The predicted molar refractivity (Wildman–Crippen MR) is 93.9 cm³/mol. The van der Waals surface area contributed by atoms with Gasteiger partial charge in [0.2, 0.25) is 5.91 Å². The summed E-state index contributed by atoms with van der Waals surface area (Å²) in [5, 5.41) is 3.09. The number of likely N-dealkylation sites (N-methyl/N-ethyl adjacent to an activating group) is 1. The van der Waals surface area contributed by atoms with Gasteiger partial charge in [0.1, 0.15) is 0 Å². The van der Waals surface area contributed by atoms with Gasteiger partial charge in [0.25, 0.3) is 0 Å². The molecule has 2 saturated heterocycles. The molecule has 122 valence electrons. The molecule has 3 heterocycles. The highest BCUT2D eigenvalue weighted by Crippen LogP contribution is 2.22. The minimum atomic E-state index is 0.278. The van der Waals surface area contributed by atoms with Crippen molar-refractivity contribution in [1.82, 2.24) is 14.8 Å². The summed E-state index contributed by atoms with van der Waals surface area (Å²) >= 11 is 3.67. The molecule has 0 saturated carbocycles. The monoisotopic (exact) mass is 340 g/mol. The van der Waals surface area contributed by atoms with E-state index in [1.54, 1.807) is 11.3 Å². The fourth-order valence-electron chi connectivity index (χ4n) is 3.04. The summed E-state index contributed by atoms with van der Waals surface area (Å²) in [6.45, 7) is 4.12. The summed E-state index contributed by atoms with van der Waals surface area (Å²) in [7, 11) is 2.09. The smallest absolute Gasteiger partial charge is 0.236 e. The van der Waals surface area contributed by atoms with Gasteiger partial charge in [-0.2, -0.15) is 11.8 Å². The van der Waals surface area contributed by atoms with Crippen molar-refractivity contribution in [2.24, 2.45) is 0 Å². The van der Waals surface area contributed by atoms with E-state index in [0.717, 1.165) is 37.7 Å². The van der Waals surface area contributed by atoms with Crippen LogP contribution in [0.3, 0.4) is 0 Å². The van der Waals surface area contributed by atoms with E-state index >= 15 is 0 Å². The Labute approximate surface area is 140 Å². The van der Waals surface area contributed by atoms with Crippen molar-refractivity contribution in [2.45, 2.75) is 18.9 Å². The largest absolute Gasteiger partial charge is 0.346 e. The Balaban J connectivity index is 1.50. The molecule has 0 spiro atoms. The van der Waals surface area contributed by atoms with E-state index < -0.39 is 0 Å². The zero-order chi connectivity index (χ0) is 15.4. The summed E-state index contributed by atoms with van der Waals surface area (Å²) in [6.07, 6.45) is 4.09. The van der Waals surface area contributed by atoms with Crippen LogP contribution in [-0.4, -0.2) is 78.0 Å². The fourth-order valence-corrected chi connectivity index (χ4v) is 5.04. The second-order valence-electron chi connectivity index (χ2n) is 5.97. The van der Waals surface area contributed by atoms with Crippen LogP contribution in [0.5, 0.6) is 0 Å². The van der Waals surface area contributed by atoms with Gasteiger partial charge in [-0.05, 0) is 25.6 Å². The molecule has 0 unspecified atom stereocenters. The normalized spacial score (nSPS) is 23.1. The number of hydrogen-bond acceptors (Lipinski definition) is 6. The molecule has 0 bridgehead atoms. The minimum Gasteiger partial charge on any atom is -0.346 e. The Morgan fingerprint density at radius 3 is 3.05 bits per heavy atom. The summed E-state index contributed by atoms with van der Waals surface area (Å²) < 4.78 is 0. The van der Waals surface area contributed by atoms with E-state index in [4.69, 9.17) is 0 Å². The molecule has 7 heteroatoms. The Bertz CT molecular complexity index is 476. The first-order valence-electron chi connectivity index (χ1n) is 7.94. The van der Waals surface area contributed by atoms with Gasteiger partial charge in [-0.3, -0.25) is 9.69 Å². The van der Waals surface area contributed by atoms with Crippen LogP contribution in [0.4, 0.5) is 5.13 Å². The van der Waals surface area contributed by atoms with E-state index in [1.807, 2.05) is 28.2 Å². The molecule has 0 aliphatic carbocycles. The Morgan fingerprint density at radius 2 is 2.32 bits per heavy atom. The molecule has 2 aliphatic rings. The number of thiazole rings is 1. The first-order valence-corrected chi connectivity index (χ1v) is 9.97. The van der Waals surface area contributed by atoms with Gasteiger partial charge in [-0.15, -0.1) is 11.3 Å². The molecule has 0 radical (unpaired) electrons. The highest BCUT2D eigenvalue weighted by molar-refractivity contribution is 7.99. The number of anilines is 1. The van der Waals surface area contributed by atoms with E-state index in [0.29, 0.717) is 12.6 Å². The maximum absolute atomic E-state index is 12.6. The van der Waals surface area contributed by atoms with Crippen LogP contribution in [0.25, 0.3) is 0 Å². The van der Waals surface area contributed by atoms with Gasteiger partial charge >= 0.3 is 0 Å². The molecule has 1 amide bonds. The quantitative estimate of drug-likeness (QED) is 0.833. The maximum Gasteiger partial charge on any atom is 0.236 e. The average Bonchev–Trinajstić information content (AvgIpc) is 3.17. The van der Waals surface area contributed by atoms with Crippen LogP contribution in [0.2, 0.25) is 0 Å². The molecular formula is C15H24N4OS2.